The normalized spacial score (nSPS) is 15.0. The van der Waals surface area contributed by atoms with Crippen LogP contribution < -0.4 is 5.32 Å². The highest BCUT2D eigenvalue weighted by atomic mass is 32.2. The standard InChI is InChI=1S/C12H23N3S/c1-5-15-8-12(7-13-15)11(4)14-10(3)9-16-6-2/h7-8,10-11,14H,5-6,9H2,1-4H3. The van der Waals surface area contributed by atoms with Crippen LogP contribution in [0.4, 0.5) is 0 Å². The van der Waals surface area contributed by atoms with Gasteiger partial charge in [-0.1, -0.05) is 6.92 Å². The Morgan fingerprint density at radius 3 is 2.75 bits per heavy atom. The molecule has 4 heteroatoms. The fourth-order valence-corrected chi connectivity index (χ4v) is 2.33. The summed E-state index contributed by atoms with van der Waals surface area (Å²) >= 11 is 1.98. The van der Waals surface area contributed by atoms with Crippen molar-refractivity contribution in [3.8, 4) is 0 Å². The predicted molar refractivity (Wildman–Crippen MR) is 71.9 cm³/mol. The van der Waals surface area contributed by atoms with E-state index >= 15 is 0 Å². The molecule has 0 bridgehead atoms. The average molecular weight is 241 g/mol. The molecule has 92 valence electrons. The van der Waals surface area contributed by atoms with E-state index in [0.717, 1.165) is 6.54 Å². The molecule has 1 aromatic heterocycles. The number of aromatic nitrogens is 2. The largest absolute Gasteiger partial charge is 0.307 e. The molecule has 1 rings (SSSR count). The summed E-state index contributed by atoms with van der Waals surface area (Å²) in [4.78, 5) is 0. The van der Waals surface area contributed by atoms with E-state index in [0.29, 0.717) is 12.1 Å². The van der Waals surface area contributed by atoms with E-state index in [1.807, 2.05) is 22.6 Å². The first-order valence-electron chi connectivity index (χ1n) is 6.03. The van der Waals surface area contributed by atoms with Gasteiger partial charge in [-0.3, -0.25) is 4.68 Å². The molecular weight excluding hydrogens is 218 g/mol. The molecule has 0 fully saturated rings. The Labute approximate surface area is 103 Å². The van der Waals surface area contributed by atoms with Gasteiger partial charge in [0.05, 0.1) is 6.20 Å². The average Bonchev–Trinajstić information content (AvgIpc) is 2.74. The van der Waals surface area contributed by atoms with E-state index in [-0.39, 0.29) is 0 Å². The lowest BCUT2D eigenvalue weighted by molar-refractivity contribution is 0.510. The minimum absolute atomic E-state index is 0.382. The zero-order valence-electron chi connectivity index (χ0n) is 10.7. The number of hydrogen-bond acceptors (Lipinski definition) is 3. The van der Waals surface area contributed by atoms with Crippen LogP contribution >= 0.6 is 11.8 Å². The molecule has 2 atom stereocenters. The lowest BCUT2D eigenvalue weighted by Crippen LogP contribution is -2.30. The maximum atomic E-state index is 4.30. The van der Waals surface area contributed by atoms with Gasteiger partial charge < -0.3 is 5.32 Å². The molecule has 0 spiro atoms. The van der Waals surface area contributed by atoms with Crippen molar-refractivity contribution in [2.75, 3.05) is 11.5 Å². The molecule has 0 radical (unpaired) electrons. The van der Waals surface area contributed by atoms with E-state index in [9.17, 15) is 0 Å². The van der Waals surface area contributed by atoms with Crippen LogP contribution in [0.2, 0.25) is 0 Å². The molecule has 3 nitrogen and oxygen atoms in total. The van der Waals surface area contributed by atoms with E-state index in [4.69, 9.17) is 0 Å². The van der Waals surface area contributed by atoms with Crippen molar-refractivity contribution in [2.24, 2.45) is 0 Å². The molecule has 1 heterocycles. The summed E-state index contributed by atoms with van der Waals surface area (Å²) in [7, 11) is 0. The molecule has 0 aliphatic carbocycles. The Morgan fingerprint density at radius 1 is 1.44 bits per heavy atom. The Bertz CT molecular complexity index is 298. The first kappa shape index (κ1) is 13.6. The van der Waals surface area contributed by atoms with E-state index in [1.165, 1.54) is 17.1 Å². The molecule has 0 aromatic carbocycles. The molecule has 0 aliphatic heterocycles. The van der Waals surface area contributed by atoms with Crippen molar-refractivity contribution in [3.63, 3.8) is 0 Å². The summed E-state index contributed by atoms with van der Waals surface area (Å²) in [6, 6.07) is 0.928. The molecule has 16 heavy (non-hydrogen) atoms. The summed E-state index contributed by atoms with van der Waals surface area (Å²) in [6.07, 6.45) is 4.08. The van der Waals surface area contributed by atoms with E-state index < -0.39 is 0 Å². The van der Waals surface area contributed by atoms with Crippen LogP contribution in [0.15, 0.2) is 12.4 Å². The third kappa shape index (κ3) is 4.18. The highest BCUT2D eigenvalue weighted by Crippen LogP contribution is 2.13. The van der Waals surface area contributed by atoms with Crippen LogP contribution in [0.5, 0.6) is 0 Å². The Balaban J connectivity index is 2.41. The molecule has 0 amide bonds. The predicted octanol–water partition coefficient (Wildman–Crippen LogP) is 2.70. The van der Waals surface area contributed by atoms with E-state index in [2.05, 4.69) is 44.3 Å². The van der Waals surface area contributed by atoms with Gasteiger partial charge in [0.25, 0.3) is 0 Å². The summed E-state index contributed by atoms with van der Waals surface area (Å²) in [6.45, 7) is 9.68. The van der Waals surface area contributed by atoms with Crippen molar-refractivity contribution in [3.05, 3.63) is 18.0 Å². The number of thioether (sulfide) groups is 1. The SMILES string of the molecule is CCSCC(C)NC(C)c1cnn(CC)c1. The first-order chi connectivity index (χ1) is 7.67. The number of aryl methyl sites for hydroxylation is 1. The second-order valence-electron chi connectivity index (χ2n) is 4.08. The number of nitrogens with one attached hydrogen (secondary N) is 1. The maximum Gasteiger partial charge on any atom is 0.0537 e. The third-order valence-corrected chi connectivity index (χ3v) is 3.73. The van der Waals surface area contributed by atoms with Gasteiger partial charge in [0.1, 0.15) is 0 Å². The number of nitrogens with zero attached hydrogens (tertiary/aromatic N) is 2. The van der Waals surface area contributed by atoms with Crippen LogP contribution in [0.1, 0.15) is 39.3 Å². The van der Waals surface area contributed by atoms with Crippen LogP contribution in [-0.4, -0.2) is 27.3 Å². The molecule has 0 saturated heterocycles. The lowest BCUT2D eigenvalue weighted by Gasteiger charge is -2.18. The van der Waals surface area contributed by atoms with Crippen LogP contribution in [0.3, 0.4) is 0 Å². The third-order valence-electron chi connectivity index (χ3n) is 2.58. The van der Waals surface area contributed by atoms with Gasteiger partial charge in [-0.15, -0.1) is 0 Å². The monoisotopic (exact) mass is 241 g/mol. The summed E-state index contributed by atoms with van der Waals surface area (Å²) in [5.41, 5.74) is 1.27. The van der Waals surface area contributed by atoms with Crippen molar-refractivity contribution >= 4 is 11.8 Å². The molecular formula is C12H23N3S. The second kappa shape index (κ2) is 6.97. The van der Waals surface area contributed by atoms with Gasteiger partial charge >= 0.3 is 0 Å². The Hall–Kier alpha value is -0.480. The van der Waals surface area contributed by atoms with Crippen LogP contribution in [-0.2, 0) is 6.54 Å². The fourth-order valence-electron chi connectivity index (χ4n) is 1.64. The molecule has 0 aliphatic rings. The lowest BCUT2D eigenvalue weighted by atomic mass is 10.2. The van der Waals surface area contributed by atoms with Gasteiger partial charge in [0, 0.05) is 36.1 Å². The highest BCUT2D eigenvalue weighted by molar-refractivity contribution is 7.99. The second-order valence-corrected chi connectivity index (χ2v) is 5.40. The summed E-state index contributed by atoms with van der Waals surface area (Å²) in [5, 5.41) is 7.89. The van der Waals surface area contributed by atoms with Crippen molar-refractivity contribution in [1.29, 1.82) is 0 Å². The van der Waals surface area contributed by atoms with Crippen LogP contribution in [0.25, 0.3) is 0 Å². The molecule has 1 aromatic rings. The smallest absolute Gasteiger partial charge is 0.0537 e. The van der Waals surface area contributed by atoms with E-state index in [1.54, 1.807) is 0 Å². The zero-order chi connectivity index (χ0) is 12.0. The topological polar surface area (TPSA) is 29.9 Å². The van der Waals surface area contributed by atoms with Crippen LogP contribution in [0, 0.1) is 0 Å². The van der Waals surface area contributed by atoms with Gasteiger partial charge in [-0.25, -0.2) is 0 Å². The first-order valence-corrected chi connectivity index (χ1v) is 7.19. The quantitative estimate of drug-likeness (QED) is 0.796. The van der Waals surface area contributed by atoms with Crippen molar-refractivity contribution in [2.45, 2.75) is 46.3 Å². The minimum Gasteiger partial charge on any atom is -0.307 e. The van der Waals surface area contributed by atoms with Gasteiger partial charge in [-0.05, 0) is 26.5 Å². The summed E-state index contributed by atoms with van der Waals surface area (Å²) in [5.74, 6) is 2.36. The van der Waals surface area contributed by atoms with Crippen molar-refractivity contribution in [1.82, 2.24) is 15.1 Å². The number of rotatable bonds is 7. The van der Waals surface area contributed by atoms with Crippen molar-refractivity contribution < 1.29 is 0 Å². The number of hydrogen-bond donors (Lipinski definition) is 1. The minimum atomic E-state index is 0.382. The van der Waals surface area contributed by atoms with Gasteiger partial charge in [0.15, 0.2) is 0 Å². The summed E-state index contributed by atoms with van der Waals surface area (Å²) < 4.78 is 1.97. The Morgan fingerprint density at radius 2 is 2.19 bits per heavy atom. The Kier molecular flexibility index (Phi) is 5.91. The maximum absolute atomic E-state index is 4.30. The van der Waals surface area contributed by atoms with Gasteiger partial charge in [-0.2, -0.15) is 16.9 Å². The fraction of sp³-hybridized carbons (Fsp3) is 0.750. The molecule has 0 saturated carbocycles. The zero-order valence-corrected chi connectivity index (χ0v) is 11.5. The highest BCUT2D eigenvalue weighted by Gasteiger charge is 2.10. The molecule has 1 N–H and O–H groups in total. The van der Waals surface area contributed by atoms with Gasteiger partial charge in [0.2, 0.25) is 0 Å². The molecule has 2 unspecified atom stereocenters.